The van der Waals surface area contributed by atoms with E-state index in [2.05, 4.69) is 0 Å². The van der Waals surface area contributed by atoms with Crippen LogP contribution in [-0.2, 0) is 14.8 Å². The number of ether oxygens (including phenoxy) is 2. The molecule has 0 saturated carbocycles. The Labute approximate surface area is 183 Å². The summed E-state index contributed by atoms with van der Waals surface area (Å²) in [5.41, 5.74) is 1.80. The van der Waals surface area contributed by atoms with E-state index in [9.17, 15) is 13.2 Å². The Morgan fingerprint density at radius 1 is 0.871 bits per heavy atom. The van der Waals surface area contributed by atoms with E-state index in [4.69, 9.17) is 9.47 Å². The third-order valence-corrected chi connectivity index (χ3v) is 6.34. The van der Waals surface area contributed by atoms with Crippen LogP contribution in [0.1, 0.15) is 18.1 Å². The van der Waals surface area contributed by atoms with Crippen LogP contribution in [0.25, 0.3) is 0 Å². The molecule has 31 heavy (non-hydrogen) atoms. The van der Waals surface area contributed by atoms with Crippen LogP contribution < -0.4 is 13.8 Å². The molecule has 6 nitrogen and oxygen atoms in total. The zero-order valence-corrected chi connectivity index (χ0v) is 18.6. The van der Waals surface area contributed by atoms with E-state index >= 15 is 0 Å². The fourth-order valence-electron chi connectivity index (χ4n) is 3.08. The summed E-state index contributed by atoms with van der Waals surface area (Å²) in [5, 5.41) is 0. The van der Waals surface area contributed by atoms with Crippen molar-refractivity contribution in [3.8, 4) is 11.5 Å². The van der Waals surface area contributed by atoms with Crippen molar-refractivity contribution in [2.75, 3.05) is 17.5 Å². The summed E-state index contributed by atoms with van der Waals surface area (Å²) in [7, 11) is -4.14. The van der Waals surface area contributed by atoms with Crippen molar-refractivity contribution in [2.45, 2.75) is 25.7 Å². The van der Waals surface area contributed by atoms with Gasteiger partial charge < -0.3 is 9.47 Å². The van der Waals surface area contributed by atoms with E-state index in [0.717, 1.165) is 9.87 Å². The number of anilines is 1. The van der Waals surface area contributed by atoms with Gasteiger partial charge >= 0.3 is 0 Å². The molecule has 0 aliphatic rings. The van der Waals surface area contributed by atoms with Gasteiger partial charge in [-0.3, -0.25) is 4.79 Å². The van der Waals surface area contributed by atoms with Gasteiger partial charge in [-0.2, -0.15) is 4.31 Å². The molecule has 0 N–H and O–H groups in total. The maximum atomic E-state index is 13.4. The fraction of sp³-hybridized carbons (Fsp3) is 0.208. The summed E-state index contributed by atoms with van der Waals surface area (Å²) in [6, 6.07) is 20.2. The third-order valence-electron chi connectivity index (χ3n) is 4.59. The Balaban J connectivity index is 1.99. The minimum Gasteiger partial charge on any atom is -0.490 e. The first-order chi connectivity index (χ1) is 14.8. The number of nitrogens with zero attached hydrogens (tertiary/aromatic N) is 1. The zero-order valence-electron chi connectivity index (χ0n) is 17.7. The summed E-state index contributed by atoms with van der Waals surface area (Å²) in [4.78, 5) is 13.3. The van der Waals surface area contributed by atoms with Crippen LogP contribution in [0.15, 0.2) is 77.7 Å². The highest BCUT2D eigenvalue weighted by Gasteiger charge is 2.32. The number of carbonyl (C=O) groups excluding carboxylic acids is 1. The number of amides is 1. The number of carbonyl (C=O) groups is 1. The molecule has 162 valence electrons. The lowest BCUT2D eigenvalue weighted by Gasteiger charge is -2.25. The van der Waals surface area contributed by atoms with Crippen molar-refractivity contribution in [3.63, 3.8) is 0 Å². The zero-order chi connectivity index (χ0) is 22.4. The molecular formula is C24H25NO5S. The quantitative estimate of drug-likeness (QED) is 0.517. The van der Waals surface area contributed by atoms with Crippen LogP contribution in [0.4, 0.5) is 5.69 Å². The number of hydrogen-bond donors (Lipinski definition) is 0. The van der Waals surface area contributed by atoms with Gasteiger partial charge in [-0.05, 0) is 62.2 Å². The molecule has 0 aliphatic carbocycles. The first-order valence-electron chi connectivity index (χ1n) is 9.89. The van der Waals surface area contributed by atoms with Gasteiger partial charge in [0.1, 0.15) is 0 Å². The number of aryl methyl sites for hydroxylation is 2. The maximum absolute atomic E-state index is 13.4. The van der Waals surface area contributed by atoms with Crippen LogP contribution in [-0.4, -0.2) is 27.5 Å². The predicted molar refractivity (Wildman–Crippen MR) is 120 cm³/mol. The number of hydrogen-bond acceptors (Lipinski definition) is 5. The number of rotatable bonds is 8. The van der Waals surface area contributed by atoms with Gasteiger partial charge in [0.05, 0.1) is 17.2 Å². The van der Waals surface area contributed by atoms with Crippen molar-refractivity contribution in [1.82, 2.24) is 0 Å². The van der Waals surface area contributed by atoms with Crippen molar-refractivity contribution in [2.24, 2.45) is 0 Å². The normalized spacial score (nSPS) is 11.1. The lowest BCUT2D eigenvalue weighted by atomic mass is 10.1. The van der Waals surface area contributed by atoms with Gasteiger partial charge in [0.25, 0.3) is 15.9 Å². The van der Waals surface area contributed by atoms with Gasteiger partial charge in [-0.25, -0.2) is 8.42 Å². The van der Waals surface area contributed by atoms with E-state index in [1.807, 2.05) is 19.9 Å². The highest BCUT2D eigenvalue weighted by atomic mass is 32.2. The molecule has 7 heteroatoms. The van der Waals surface area contributed by atoms with Gasteiger partial charge in [-0.1, -0.05) is 42.5 Å². The first kappa shape index (κ1) is 22.4. The summed E-state index contributed by atoms with van der Waals surface area (Å²) >= 11 is 0. The second-order valence-electron chi connectivity index (χ2n) is 6.93. The Morgan fingerprint density at radius 2 is 1.48 bits per heavy atom. The molecule has 0 atom stereocenters. The number of sulfonamides is 1. The van der Waals surface area contributed by atoms with Crippen molar-refractivity contribution >= 4 is 21.6 Å². The smallest absolute Gasteiger partial charge is 0.278 e. The third kappa shape index (κ3) is 5.06. The highest BCUT2D eigenvalue weighted by molar-refractivity contribution is 7.93. The summed E-state index contributed by atoms with van der Waals surface area (Å²) in [6.07, 6.45) is 0. The standard InChI is InChI=1S/C24H25NO5S/c1-4-29-22-12-8-9-13-23(22)30-17-24(26)25(21-16-18(2)14-15-19(21)3)31(27,28)20-10-6-5-7-11-20/h5-16H,4,17H2,1-3H3. The molecule has 0 radical (unpaired) electrons. The van der Waals surface area contributed by atoms with Crippen LogP contribution in [0, 0.1) is 13.8 Å². The molecule has 1 amide bonds. The van der Waals surface area contributed by atoms with Crippen LogP contribution >= 0.6 is 0 Å². The SMILES string of the molecule is CCOc1ccccc1OCC(=O)N(c1cc(C)ccc1C)S(=O)(=O)c1ccccc1. The van der Waals surface area contributed by atoms with Gasteiger partial charge in [0, 0.05) is 0 Å². The van der Waals surface area contributed by atoms with E-state index in [-0.39, 0.29) is 4.90 Å². The summed E-state index contributed by atoms with van der Waals surface area (Å²) in [6.45, 7) is 5.42. The molecule has 0 aromatic heterocycles. The first-order valence-corrected chi connectivity index (χ1v) is 11.3. The monoisotopic (exact) mass is 439 g/mol. The van der Waals surface area contributed by atoms with Crippen molar-refractivity contribution in [1.29, 1.82) is 0 Å². The van der Waals surface area contributed by atoms with Crippen LogP contribution in [0.2, 0.25) is 0 Å². The van der Waals surface area contributed by atoms with E-state index in [1.54, 1.807) is 61.5 Å². The molecule has 0 fully saturated rings. The van der Waals surface area contributed by atoms with Crippen LogP contribution in [0.5, 0.6) is 11.5 Å². The molecule has 0 saturated heterocycles. The average molecular weight is 440 g/mol. The molecule has 3 aromatic carbocycles. The van der Waals surface area contributed by atoms with E-state index < -0.39 is 22.5 Å². The van der Waals surface area contributed by atoms with E-state index in [0.29, 0.717) is 29.4 Å². The lowest BCUT2D eigenvalue weighted by Crippen LogP contribution is -2.40. The minimum atomic E-state index is -4.14. The second-order valence-corrected chi connectivity index (χ2v) is 8.72. The summed E-state index contributed by atoms with van der Waals surface area (Å²) in [5.74, 6) is 0.154. The Morgan fingerprint density at radius 3 is 2.13 bits per heavy atom. The molecular weight excluding hydrogens is 414 g/mol. The number of benzene rings is 3. The lowest BCUT2D eigenvalue weighted by molar-refractivity contribution is -0.119. The van der Waals surface area contributed by atoms with Crippen LogP contribution in [0.3, 0.4) is 0 Å². The van der Waals surface area contributed by atoms with Gasteiger partial charge in [-0.15, -0.1) is 0 Å². The highest BCUT2D eigenvalue weighted by Crippen LogP contribution is 2.30. The molecule has 3 aromatic rings. The molecule has 0 unspecified atom stereocenters. The van der Waals surface area contributed by atoms with Crippen molar-refractivity contribution in [3.05, 3.63) is 83.9 Å². The van der Waals surface area contributed by atoms with Gasteiger partial charge in [0.15, 0.2) is 18.1 Å². The van der Waals surface area contributed by atoms with Gasteiger partial charge in [0.2, 0.25) is 0 Å². The minimum absolute atomic E-state index is 0.0268. The molecule has 0 spiro atoms. The molecule has 0 heterocycles. The number of para-hydroxylation sites is 2. The Kier molecular flexibility index (Phi) is 6.97. The Hall–Kier alpha value is -3.32. The van der Waals surface area contributed by atoms with E-state index in [1.165, 1.54) is 12.1 Å². The predicted octanol–water partition coefficient (Wildman–Crippen LogP) is 4.50. The largest absolute Gasteiger partial charge is 0.490 e. The second kappa shape index (κ2) is 9.66. The fourth-order valence-corrected chi connectivity index (χ4v) is 4.56. The topological polar surface area (TPSA) is 72.9 Å². The Bertz CT molecular complexity index is 1160. The molecule has 0 aliphatic heterocycles. The average Bonchev–Trinajstić information content (AvgIpc) is 2.76. The van der Waals surface area contributed by atoms with Crippen molar-refractivity contribution < 1.29 is 22.7 Å². The summed E-state index contributed by atoms with van der Waals surface area (Å²) < 4.78 is 38.9. The molecule has 0 bridgehead atoms. The molecule has 3 rings (SSSR count). The maximum Gasteiger partial charge on any atom is 0.278 e.